The first-order chi connectivity index (χ1) is 11.1. The number of carboxylic acid groups (broad SMARTS) is 1. The van der Waals surface area contributed by atoms with E-state index in [1.807, 2.05) is 31.2 Å². The Balaban J connectivity index is 1.97. The van der Waals surface area contributed by atoms with E-state index in [4.69, 9.17) is 14.6 Å². The molecule has 0 bridgehead atoms. The Hall–Kier alpha value is -2.56. The van der Waals surface area contributed by atoms with Gasteiger partial charge in [0.05, 0.1) is 6.61 Å². The number of benzene rings is 2. The first kappa shape index (κ1) is 16.8. The second-order valence-corrected chi connectivity index (χ2v) is 5.03. The third-order valence-corrected chi connectivity index (χ3v) is 3.23. The van der Waals surface area contributed by atoms with Crippen LogP contribution in [0.25, 0.3) is 0 Å². The van der Waals surface area contributed by atoms with Crippen LogP contribution in [0.5, 0.6) is 11.5 Å². The maximum Gasteiger partial charge on any atom is 0.303 e. The molecule has 0 aromatic heterocycles. The zero-order valence-corrected chi connectivity index (χ0v) is 12.9. The van der Waals surface area contributed by atoms with E-state index >= 15 is 0 Å². The topological polar surface area (TPSA) is 55.8 Å². The molecule has 0 saturated carbocycles. The normalized spacial score (nSPS) is 10.3. The number of aliphatic carboxylic acids is 1. The minimum atomic E-state index is -0.903. The number of hydrogen-bond donors (Lipinski definition) is 1. The predicted molar refractivity (Wildman–Crippen MR) is 84.3 cm³/mol. The maximum absolute atomic E-state index is 14.0. The van der Waals surface area contributed by atoms with Gasteiger partial charge in [-0.2, -0.15) is 0 Å². The van der Waals surface area contributed by atoms with Crippen LogP contribution >= 0.6 is 0 Å². The van der Waals surface area contributed by atoms with E-state index in [-0.39, 0.29) is 18.8 Å². The molecule has 0 spiro atoms. The van der Waals surface area contributed by atoms with Crippen LogP contribution in [-0.2, 0) is 17.8 Å². The van der Waals surface area contributed by atoms with Gasteiger partial charge in [-0.05, 0) is 48.7 Å². The maximum atomic E-state index is 14.0. The zero-order chi connectivity index (χ0) is 16.7. The first-order valence-electron chi connectivity index (χ1n) is 7.43. The van der Waals surface area contributed by atoms with Gasteiger partial charge in [0.25, 0.3) is 0 Å². The summed E-state index contributed by atoms with van der Waals surface area (Å²) in [6.07, 6.45) is 0.271. The molecule has 1 N–H and O–H groups in total. The van der Waals surface area contributed by atoms with Crippen molar-refractivity contribution >= 4 is 5.97 Å². The highest BCUT2D eigenvalue weighted by molar-refractivity contribution is 5.67. The molecule has 0 fully saturated rings. The SMILES string of the molecule is CCOc1cccc(COc2ccc(CCC(=O)O)cc2F)c1. The van der Waals surface area contributed by atoms with Crippen LogP contribution in [0.4, 0.5) is 4.39 Å². The first-order valence-corrected chi connectivity index (χ1v) is 7.43. The lowest BCUT2D eigenvalue weighted by atomic mass is 10.1. The van der Waals surface area contributed by atoms with Crippen LogP contribution in [0.1, 0.15) is 24.5 Å². The van der Waals surface area contributed by atoms with Crippen LogP contribution in [0.3, 0.4) is 0 Å². The number of carbonyl (C=O) groups is 1. The Kier molecular flexibility index (Phi) is 5.97. The Morgan fingerprint density at radius 2 is 1.96 bits per heavy atom. The summed E-state index contributed by atoms with van der Waals surface area (Å²) in [5.74, 6) is -0.502. The molecule has 0 aliphatic carbocycles. The number of halogens is 1. The minimum absolute atomic E-state index is 0.0239. The lowest BCUT2D eigenvalue weighted by Gasteiger charge is -2.10. The second-order valence-electron chi connectivity index (χ2n) is 5.03. The Morgan fingerprint density at radius 3 is 2.65 bits per heavy atom. The smallest absolute Gasteiger partial charge is 0.303 e. The van der Waals surface area contributed by atoms with E-state index in [1.54, 1.807) is 6.07 Å². The van der Waals surface area contributed by atoms with Crippen molar-refractivity contribution in [3.05, 3.63) is 59.4 Å². The van der Waals surface area contributed by atoms with Crippen molar-refractivity contribution in [3.8, 4) is 11.5 Å². The molecule has 23 heavy (non-hydrogen) atoms. The molecular weight excluding hydrogens is 299 g/mol. The molecular formula is C18H19FO4. The molecule has 2 aromatic carbocycles. The third-order valence-electron chi connectivity index (χ3n) is 3.23. The van der Waals surface area contributed by atoms with Gasteiger partial charge in [0.15, 0.2) is 11.6 Å². The van der Waals surface area contributed by atoms with Crippen molar-refractivity contribution in [1.82, 2.24) is 0 Å². The van der Waals surface area contributed by atoms with Crippen molar-refractivity contribution in [1.29, 1.82) is 0 Å². The summed E-state index contributed by atoms with van der Waals surface area (Å²) >= 11 is 0. The lowest BCUT2D eigenvalue weighted by molar-refractivity contribution is -0.136. The van der Waals surface area contributed by atoms with E-state index in [9.17, 15) is 9.18 Å². The fourth-order valence-electron chi connectivity index (χ4n) is 2.12. The van der Waals surface area contributed by atoms with Crippen molar-refractivity contribution in [2.75, 3.05) is 6.61 Å². The van der Waals surface area contributed by atoms with Crippen molar-refractivity contribution in [2.24, 2.45) is 0 Å². The van der Waals surface area contributed by atoms with Crippen molar-refractivity contribution in [2.45, 2.75) is 26.4 Å². The summed E-state index contributed by atoms with van der Waals surface area (Å²) < 4.78 is 24.9. The molecule has 2 aromatic rings. The summed E-state index contributed by atoms with van der Waals surface area (Å²) in [7, 11) is 0. The van der Waals surface area contributed by atoms with Crippen LogP contribution in [-0.4, -0.2) is 17.7 Å². The van der Waals surface area contributed by atoms with Gasteiger partial charge in [-0.15, -0.1) is 0 Å². The third kappa shape index (κ3) is 5.29. The van der Waals surface area contributed by atoms with Gasteiger partial charge in [-0.3, -0.25) is 4.79 Å². The summed E-state index contributed by atoms with van der Waals surface area (Å²) in [5.41, 5.74) is 1.51. The van der Waals surface area contributed by atoms with Gasteiger partial charge < -0.3 is 14.6 Å². The van der Waals surface area contributed by atoms with Crippen LogP contribution in [0, 0.1) is 5.82 Å². The Morgan fingerprint density at radius 1 is 1.13 bits per heavy atom. The van der Waals surface area contributed by atoms with E-state index in [0.29, 0.717) is 18.6 Å². The highest BCUT2D eigenvalue weighted by Gasteiger charge is 2.07. The molecule has 0 aliphatic heterocycles. The molecule has 4 nitrogen and oxygen atoms in total. The number of ether oxygens (including phenoxy) is 2. The Labute approximate surface area is 134 Å². The molecule has 0 saturated heterocycles. The molecule has 2 rings (SSSR count). The average molecular weight is 318 g/mol. The molecule has 5 heteroatoms. The van der Waals surface area contributed by atoms with Gasteiger partial charge in [0.1, 0.15) is 12.4 Å². The molecule has 0 aliphatic rings. The van der Waals surface area contributed by atoms with Gasteiger partial charge in [-0.1, -0.05) is 18.2 Å². The van der Waals surface area contributed by atoms with Crippen LogP contribution < -0.4 is 9.47 Å². The largest absolute Gasteiger partial charge is 0.494 e. The fraction of sp³-hybridized carbons (Fsp3) is 0.278. The number of hydrogen-bond acceptors (Lipinski definition) is 3. The summed E-state index contributed by atoms with van der Waals surface area (Å²) in [6.45, 7) is 2.72. The van der Waals surface area contributed by atoms with Gasteiger partial charge in [0.2, 0.25) is 0 Å². The van der Waals surface area contributed by atoms with Gasteiger partial charge >= 0.3 is 5.97 Å². The van der Waals surface area contributed by atoms with Crippen LogP contribution in [0.2, 0.25) is 0 Å². The molecule has 0 amide bonds. The summed E-state index contributed by atoms with van der Waals surface area (Å²) in [6, 6.07) is 12.0. The second kappa shape index (κ2) is 8.17. The molecule has 0 radical (unpaired) electrons. The molecule has 122 valence electrons. The van der Waals surface area contributed by atoms with E-state index in [1.165, 1.54) is 12.1 Å². The molecule has 0 heterocycles. The van der Waals surface area contributed by atoms with E-state index < -0.39 is 11.8 Å². The van der Waals surface area contributed by atoms with Gasteiger partial charge in [0, 0.05) is 6.42 Å². The van der Waals surface area contributed by atoms with Crippen LogP contribution in [0.15, 0.2) is 42.5 Å². The fourth-order valence-corrected chi connectivity index (χ4v) is 2.12. The monoisotopic (exact) mass is 318 g/mol. The standard InChI is InChI=1S/C18H19FO4/c1-2-22-15-5-3-4-14(10-15)12-23-17-8-6-13(11-16(17)19)7-9-18(20)21/h3-6,8,10-11H,2,7,9,12H2,1H3,(H,20,21). The van der Waals surface area contributed by atoms with E-state index in [2.05, 4.69) is 0 Å². The molecule has 0 unspecified atom stereocenters. The summed E-state index contributed by atoms with van der Waals surface area (Å²) in [5, 5.41) is 8.64. The highest BCUT2D eigenvalue weighted by Crippen LogP contribution is 2.21. The zero-order valence-electron chi connectivity index (χ0n) is 12.9. The quantitative estimate of drug-likeness (QED) is 0.804. The lowest BCUT2D eigenvalue weighted by Crippen LogP contribution is -2.01. The number of aryl methyl sites for hydroxylation is 1. The van der Waals surface area contributed by atoms with Crippen molar-refractivity contribution in [3.63, 3.8) is 0 Å². The predicted octanol–water partition coefficient (Wildman–Crippen LogP) is 3.82. The number of carboxylic acids is 1. The highest BCUT2D eigenvalue weighted by atomic mass is 19.1. The average Bonchev–Trinajstić information content (AvgIpc) is 2.53. The minimum Gasteiger partial charge on any atom is -0.494 e. The molecule has 0 atom stereocenters. The number of rotatable bonds is 8. The van der Waals surface area contributed by atoms with E-state index in [0.717, 1.165) is 11.3 Å². The Bertz CT molecular complexity index is 670. The van der Waals surface area contributed by atoms with Gasteiger partial charge in [-0.25, -0.2) is 4.39 Å². The van der Waals surface area contributed by atoms with Crippen molar-refractivity contribution < 1.29 is 23.8 Å². The summed E-state index contributed by atoms with van der Waals surface area (Å²) in [4.78, 5) is 10.5.